The molecule has 0 aromatic carbocycles. The Hall–Kier alpha value is -2.65. The van der Waals surface area contributed by atoms with Gasteiger partial charge in [-0.1, -0.05) is 6.07 Å². The first-order valence-electron chi connectivity index (χ1n) is 6.19. The van der Waals surface area contributed by atoms with Gasteiger partial charge in [-0.15, -0.1) is 0 Å². The fourth-order valence-electron chi connectivity index (χ4n) is 1.58. The third-order valence-corrected chi connectivity index (χ3v) is 2.57. The van der Waals surface area contributed by atoms with Crippen LogP contribution in [0.4, 0.5) is 4.79 Å². The molecule has 0 aliphatic carbocycles. The number of hydrazone groups is 1. The number of aldehydes is 1. The highest BCUT2D eigenvalue weighted by molar-refractivity contribution is 5.90. The zero-order valence-corrected chi connectivity index (χ0v) is 11.4. The SMILES string of the molecule is CC1=NNC(C=O)N(NNC(=O)/N=C/c2cccnc2)C1. The van der Waals surface area contributed by atoms with Crippen LogP contribution in [0.3, 0.4) is 0 Å². The number of pyridine rings is 1. The Labute approximate surface area is 121 Å². The number of carbonyl (C=O) groups is 2. The molecule has 1 aliphatic heterocycles. The predicted octanol–water partition coefficient (Wildman–Crippen LogP) is -0.564. The number of rotatable bonds is 4. The van der Waals surface area contributed by atoms with Crippen molar-refractivity contribution in [2.75, 3.05) is 6.54 Å². The maximum absolute atomic E-state index is 11.6. The van der Waals surface area contributed by atoms with Crippen molar-refractivity contribution in [2.24, 2.45) is 10.1 Å². The van der Waals surface area contributed by atoms with Gasteiger partial charge >= 0.3 is 6.03 Å². The Morgan fingerprint density at radius 1 is 1.62 bits per heavy atom. The van der Waals surface area contributed by atoms with Gasteiger partial charge in [0, 0.05) is 24.2 Å². The summed E-state index contributed by atoms with van der Waals surface area (Å²) < 4.78 is 0. The Morgan fingerprint density at radius 2 is 2.48 bits per heavy atom. The molecule has 0 radical (unpaired) electrons. The first-order chi connectivity index (χ1) is 10.2. The van der Waals surface area contributed by atoms with Gasteiger partial charge in [0.05, 0.1) is 12.3 Å². The summed E-state index contributed by atoms with van der Waals surface area (Å²) in [5.74, 6) is 0. The van der Waals surface area contributed by atoms with Crippen molar-refractivity contribution in [1.82, 2.24) is 26.4 Å². The zero-order chi connectivity index (χ0) is 15.1. The second-order valence-corrected chi connectivity index (χ2v) is 4.27. The molecular formula is C12H15N7O2. The fourth-order valence-corrected chi connectivity index (χ4v) is 1.58. The van der Waals surface area contributed by atoms with E-state index < -0.39 is 12.2 Å². The van der Waals surface area contributed by atoms with Gasteiger partial charge in [-0.05, 0) is 13.0 Å². The number of aromatic nitrogens is 1. The number of amides is 2. The molecule has 2 amide bonds. The highest BCUT2D eigenvalue weighted by atomic mass is 16.2. The summed E-state index contributed by atoms with van der Waals surface area (Å²) in [6.07, 6.45) is 4.62. The van der Waals surface area contributed by atoms with Crippen LogP contribution in [0.1, 0.15) is 12.5 Å². The molecule has 1 aliphatic rings. The van der Waals surface area contributed by atoms with Crippen LogP contribution in [0.25, 0.3) is 0 Å². The van der Waals surface area contributed by atoms with Gasteiger partial charge in [0.25, 0.3) is 0 Å². The smallest absolute Gasteiger partial charge is 0.299 e. The van der Waals surface area contributed by atoms with E-state index in [1.807, 2.05) is 0 Å². The van der Waals surface area contributed by atoms with Gasteiger partial charge in [-0.3, -0.25) is 20.6 Å². The first-order valence-corrected chi connectivity index (χ1v) is 6.19. The van der Waals surface area contributed by atoms with Crippen molar-refractivity contribution < 1.29 is 9.59 Å². The Kier molecular flexibility index (Phi) is 5.07. The molecular weight excluding hydrogens is 274 g/mol. The van der Waals surface area contributed by atoms with Crippen LogP contribution in [0.5, 0.6) is 0 Å². The van der Waals surface area contributed by atoms with Gasteiger partial charge < -0.3 is 0 Å². The van der Waals surface area contributed by atoms with Crippen LogP contribution in [0.2, 0.25) is 0 Å². The molecule has 1 atom stereocenters. The standard InChI is InChI=1S/C12H15N7O2/c1-9-7-19(11(8-20)16-15-9)18-17-12(21)14-6-10-3-2-4-13-5-10/h2-6,8,11,16,18H,7H2,1H3,(H,17,21)/b14-6+. The highest BCUT2D eigenvalue weighted by Crippen LogP contribution is 1.96. The lowest BCUT2D eigenvalue weighted by Crippen LogP contribution is -2.61. The van der Waals surface area contributed by atoms with Gasteiger partial charge in [0.15, 0.2) is 12.5 Å². The van der Waals surface area contributed by atoms with E-state index in [4.69, 9.17) is 0 Å². The monoisotopic (exact) mass is 289 g/mol. The molecule has 0 saturated carbocycles. The van der Waals surface area contributed by atoms with Gasteiger partial charge in [-0.2, -0.15) is 15.6 Å². The molecule has 1 unspecified atom stereocenters. The average molecular weight is 289 g/mol. The summed E-state index contributed by atoms with van der Waals surface area (Å²) in [4.78, 5) is 30.1. The van der Waals surface area contributed by atoms with E-state index in [1.54, 1.807) is 31.5 Å². The van der Waals surface area contributed by atoms with E-state index in [-0.39, 0.29) is 0 Å². The summed E-state index contributed by atoms with van der Waals surface area (Å²) in [5, 5.41) is 5.43. The minimum atomic E-state index is -0.656. The normalized spacial score (nSPS) is 18.9. The molecule has 1 aromatic heterocycles. The van der Waals surface area contributed by atoms with Gasteiger partial charge in [-0.25, -0.2) is 9.79 Å². The van der Waals surface area contributed by atoms with Crippen LogP contribution >= 0.6 is 0 Å². The number of hydrogen-bond acceptors (Lipinski definition) is 7. The van der Waals surface area contributed by atoms with Crippen LogP contribution in [-0.2, 0) is 4.79 Å². The first kappa shape index (κ1) is 14.8. The van der Waals surface area contributed by atoms with Crippen molar-refractivity contribution in [2.45, 2.75) is 13.1 Å². The molecule has 3 N–H and O–H groups in total. The number of hydrogen-bond donors (Lipinski definition) is 3. The third kappa shape index (κ3) is 4.44. The Balaban J connectivity index is 1.85. The molecule has 110 valence electrons. The average Bonchev–Trinajstić information content (AvgIpc) is 2.52. The van der Waals surface area contributed by atoms with Gasteiger partial charge in [0.2, 0.25) is 0 Å². The minimum Gasteiger partial charge on any atom is -0.299 e. The molecule has 2 heterocycles. The summed E-state index contributed by atoms with van der Waals surface area (Å²) in [6.45, 7) is 2.19. The topological polar surface area (TPSA) is 111 Å². The largest absolute Gasteiger partial charge is 0.356 e. The molecule has 0 bridgehead atoms. The molecule has 0 saturated heterocycles. The van der Waals surface area contributed by atoms with E-state index in [1.165, 1.54) is 11.2 Å². The quantitative estimate of drug-likeness (QED) is 0.389. The molecule has 0 fully saturated rings. The van der Waals surface area contributed by atoms with E-state index in [0.29, 0.717) is 18.4 Å². The predicted molar refractivity (Wildman–Crippen MR) is 76.3 cm³/mol. The van der Waals surface area contributed by atoms with E-state index in [9.17, 15) is 9.59 Å². The second kappa shape index (κ2) is 7.22. The summed E-state index contributed by atoms with van der Waals surface area (Å²) in [6, 6.07) is 2.92. The molecule has 9 nitrogen and oxygen atoms in total. The zero-order valence-electron chi connectivity index (χ0n) is 11.4. The van der Waals surface area contributed by atoms with Gasteiger partial charge in [0.1, 0.15) is 0 Å². The maximum Gasteiger partial charge on any atom is 0.356 e. The van der Waals surface area contributed by atoms with E-state index in [0.717, 1.165) is 5.71 Å². The number of urea groups is 1. The van der Waals surface area contributed by atoms with Crippen molar-refractivity contribution in [3.63, 3.8) is 0 Å². The lowest BCUT2D eigenvalue weighted by atomic mass is 10.3. The third-order valence-electron chi connectivity index (χ3n) is 2.57. The number of carbonyl (C=O) groups excluding carboxylic acids is 2. The minimum absolute atomic E-state index is 0.392. The molecule has 21 heavy (non-hydrogen) atoms. The fraction of sp³-hybridized carbons (Fsp3) is 0.250. The van der Waals surface area contributed by atoms with E-state index in [2.05, 4.69) is 31.5 Å². The Bertz CT molecular complexity index is 558. The van der Waals surface area contributed by atoms with Crippen molar-refractivity contribution in [1.29, 1.82) is 0 Å². The molecule has 1 aromatic rings. The summed E-state index contributed by atoms with van der Waals surface area (Å²) in [5.41, 5.74) is 9.11. The van der Waals surface area contributed by atoms with Crippen LogP contribution in [0.15, 0.2) is 34.6 Å². The lowest BCUT2D eigenvalue weighted by Gasteiger charge is -2.30. The maximum atomic E-state index is 11.6. The van der Waals surface area contributed by atoms with E-state index >= 15 is 0 Å². The lowest BCUT2D eigenvalue weighted by molar-refractivity contribution is -0.115. The second-order valence-electron chi connectivity index (χ2n) is 4.27. The Morgan fingerprint density at radius 3 is 3.19 bits per heavy atom. The molecule has 0 spiro atoms. The van der Waals surface area contributed by atoms with Crippen molar-refractivity contribution >= 4 is 24.2 Å². The molecule has 2 rings (SSSR count). The van der Waals surface area contributed by atoms with Crippen LogP contribution in [-0.4, -0.2) is 46.9 Å². The number of nitrogens with one attached hydrogen (secondary N) is 3. The van der Waals surface area contributed by atoms with Crippen molar-refractivity contribution in [3.8, 4) is 0 Å². The summed E-state index contributed by atoms with van der Waals surface area (Å²) in [7, 11) is 0. The highest BCUT2D eigenvalue weighted by Gasteiger charge is 2.21. The van der Waals surface area contributed by atoms with Crippen LogP contribution in [0, 0.1) is 0 Å². The summed E-state index contributed by atoms with van der Waals surface area (Å²) >= 11 is 0. The molecule has 9 heteroatoms. The van der Waals surface area contributed by atoms with Crippen molar-refractivity contribution in [3.05, 3.63) is 30.1 Å². The number of aliphatic imine (C=N–C) groups is 1. The number of nitrogens with zero attached hydrogens (tertiary/aromatic N) is 4. The number of hydrazine groups is 2. The van der Waals surface area contributed by atoms with Crippen LogP contribution < -0.4 is 16.4 Å².